The Kier molecular flexibility index (Phi) is 6.48. The van der Waals surface area contributed by atoms with Gasteiger partial charge in [0.05, 0.1) is 18.7 Å². The zero-order chi connectivity index (χ0) is 24.2. The molecule has 0 spiro atoms. The second kappa shape index (κ2) is 10.0. The highest BCUT2D eigenvalue weighted by molar-refractivity contribution is 6.36. The lowest BCUT2D eigenvalue weighted by atomic mass is 10.0. The summed E-state index contributed by atoms with van der Waals surface area (Å²) in [6.45, 7) is 4.79. The summed E-state index contributed by atoms with van der Waals surface area (Å²) in [6, 6.07) is 18.9. The van der Waals surface area contributed by atoms with E-state index in [1.807, 2.05) is 43.3 Å². The molecule has 0 radical (unpaired) electrons. The SMILES string of the molecule is CCOc1ccc(C2=C(Nc3ccc(N4CCCC4)cc3)C(=O)N(Cc3ccncc3)C2=O)cc1. The Morgan fingerprint density at radius 1 is 0.886 bits per heavy atom. The normalized spacial score (nSPS) is 15.8. The van der Waals surface area contributed by atoms with Gasteiger partial charge in [-0.15, -0.1) is 0 Å². The van der Waals surface area contributed by atoms with Crippen LogP contribution in [0.4, 0.5) is 11.4 Å². The first-order chi connectivity index (χ1) is 17.1. The Hall–Kier alpha value is -4.13. The molecule has 2 aliphatic rings. The number of hydrogen-bond acceptors (Lipinski definition) is 6. The van der Waals surface area contributed by atoms with Crippen molar-refractivity contribution in [3.63, 3.8) is 0 Å². The number of anilines is 2. The third-order valence-corrected chi connectivity index (χ3v) is 6.32. The quantitative estimate of drug-likeness (QED) is 0.492. The predicted octanol–water partition coefficient (Wildman–Crippen LogP) is 4.47. The first-order valence-electron chi connectivity index (χ1n) is 12.0. The molecule has 0 atom stereocenters. The fourth-order valence-electron chi connectivity index (χ4n) is 4.53. The summed E-state index contributed by atoms with van der Waals surface area (Å²) in [6.07, 6.45) is 5.73. The summed E-state index contributed by atoms with van der Waals surface area (Å²) in [5, 5.41) is 3.25. The van der Waals surface area contributed by atoms with Crippen molar-refractivity contribution in [2.24, 2.45) is 0 Å². The number of imide groups is 1. The average molecular weight is 469 g/mol. The standard InChI is InChI=1S/C28H28N4O3/c1-2-35-24-11-5-21(6-12-24)25-26(28(34)32(27(25)33)19-20-13-15-29-16-14-20)30-22-7-9-23(10-8-22)31-17-3-4-18-31/h5-16,30H,2-4,17-19H2,1H3. The second-order valence-electron chi connectivity index (χ2n) is 8.63. The van der Waals surface area contributed by atoms with Gasteiger partial charge in [0.1, 0.15) is 11.4 Å². The molecule has 2 aliphatic heterocycles. The van der Waals surface area contributed by atoms with Crippen LogP contribution in [0.2, 0.25) is 0 Å². The third kappa shape index (κ3) is 4.75. The van der Waals surface area contributed by atoms with Gasteiger partial charge in [-0.1, -0.05) is 12.1 Å². The van der Waals surface area contributed by atoms with Crippen LogP contribution in [0.1, 0.15) is 30.9 Å². The zero-order valence-electron chi connectivity index (χ0n) is 19.7. The number of nitrogens with zero attached hydrogens (tertiary/aromatic N) is 3. The van der Waals surface area contributed by atoms with Gasteiger partial charge in [-0.3, -0.25) is 19.5 Å². The maximum absolute atomic E-state index is 13.5. The highest BCUT2D eigenvalue weighted by atomic mass is 16.5. The lowest BCUT2D eigenvalue weighted by Crippen LogP contribution is -2.32. The number of pyridine rings is 1. The summed E-state index contributed by atoms with van der Waals surface area (Å²) in [7, 11) is 0. The van der Waals surface area contributed by atoms with Gasteiger partial charge in [0.15, 0.2) is 0 Å². The van der Waals surface area contributed by atoms with Crippen LogP contribution in [-0.2, 0) is 16.1 Å². The lowest BCUT2D eigenvalue weighted by Gasteiger charge is -2.18. The van der Waals surface area contributed by atoms with Crippen LogP contribution in [0.3, 0.4) is 0 Å². The van der Waals surface area contributed by atoms with E-state index in [2.05, 4.69) is 27.3 Å². The van der Waals surface area contributed by atoms with Gasteiger partial charge in [0.2, 0.25) is 0 Å². The van der Waals surface area contributed by atoms with E-state index in [4.69, 9.17) is 4.74 Å². The minimum Gasteiger partial charge on any atom is -0.494 e. The number of nitrogens with one attached hydrogen (secondary N) is 1. The fraction of sp³-hybridized carbons (Fsp3) is 0.250. The van der Waals surface area contributed by atoms with Gasteiger partial charge in [0.25, 0.3) is 11.8 Å². The van der Waals surface area contributed by atoms with Crippen molar-refractivity contribution in [1.29, 1.82) is 0 Å². The van der Waals surface area contributed by atoms with Crippen molar-refractivity contribution in [3.8, 4) is 5.75 Å². The molecular weight excluding hydrogens is 440 g/mol. The second-order valence-corrected chi connectivity index (χ2v) is 8.63. The van der Waals surface area contributed by atoms with Crippen molar-refractivity contribution in [2.45, 2.75) is 26.3 Å². The summed E-state index contributed by atoms with van der Waals surface area (Å²) >= 11 is 0. The minimum absolute atomic E-state index is 0.180. The van der Waals surface area contributed by atoms with Crippen molar-refractivity contribution >= 4 is 28.8 Å². The Balaban J connectivity index is 1.46. The van der Waals surface area contributed by atoms with Gasteiger partial charge in [-0.2, -0.15) is 0 Å². The highest BCUT2D eigenvalue weighted by Crippen LogP contribution is 2.33. The fourth-order valence-corrected chi connectivity index (χ4v) is 4.53. The van der Waals surface area contributed by atoms with E-state index in [0.717, 1.165) is 24.3 Å². The summed E-state index contributed by atoms with van der Waals surface area (Å²) < 4.78 is 5.54. The molecule has 0 bridgehead atoms. The molecule has 178 valence electrons. The molecule has 1 saturated heterocycles. The number of carbonyl (C=O) groups excluding carboxylic acids is 2. The Morgan fingerprint density at radius 3 is 2.23 bits per heavy atom. The van der Waals surface area contributed by atoms with Crippen LogP contribution in [-0.4, -0.2) is 41.4 Å². The van der Waals surface area contributed by atoms with Crippen LogP contribution in [0.15, 0.2) is 78.8 Å². The van der Waals surface area contributed by atoms with Crippen LogP contribution >= 0.6 is 0 Å². The topological polar surface area (TPSA) is 74.8 Å². The highest BCUT2D eigenvalue weighted by Gasteiger charge is 2.39. The van der Waals surface area contributed by atoms with E-state index in [0.29, 0.717) is 23.5 Å². The molecule has 7 heteroatoms. The number of rotatable bonds is 8. The molecule has 7 nitrogen and oxygen atoms in total. The van der Waals surface area contributed by atoms with E-state index in [-0.39, 0.29) is 24.1 Å². The molecule has 1 aromatic heterocycles. The molecule has 0 unspecified atom stereocenters. The molecule has 1 fully saturated rings. The zero-order valence-corrected chi connectivity index (χ0v) is 19.7. The molecule has 3 heterocycles. The first-order valence-corrected chi connectivity index (χ1v) is 12.0. The number of benzene rings is 2. The van der Waals surface area contributed by atoms with Crippen LogP contribution in [0.25, 0.3) is 5.57 Å². The van der Waals surface area contributed by atoms with Crippen molar-refractivity contribution in [2.75, 3.05) is 29.9 Å². The van der Waals surface area contributed by atoms with Gasteiger partial charge in [-0.05, 0) is 79.4 Å². The first kappa shape index (κ1) is 22.7. The minimum atomic E-state index is -0.348. The molecule has 35 heavy (non-hydrogen) atoms. The number of ether oxygens (including phenoxy) is 1. The average Bonchev–Trinajstić information content (AvgIpc) is 3.50. The molecule has 0 saturated carbocycles. The predicted molar refractivity (Wildman–Crippen MR) is 136 cm³/mol. The van der Waals surface area contributed by atoms with Gasteiger partial charge >= 0.3 is 0 Å². The van der Waals surface area contributed by atoms with E-state index < -0.39 is 0 Å². The maximum atomic E-state index is 13.5. The van der Waals surface area contributed by atoms with Crippen LogP contribution in [0.5, 0.6) is 5.75 Å². The molecular formula is C28H28N4O3. The van der Waals surface area contributed by atoms with Gasteiger partial charge in [-0.25, -0.2) is 0 Å². The lowest BCUT2D eigenvalue weighted by molar-refractivity contribution is -0.137. The van der Waals surface area contributed by atoms with Crippen molar-refractivity contribution in [3.05, 3.63) is 89.9 Å². The number of hydrogen-bond donors (Lipinski definition) is 1. The van der Waals surface area contributed by atoms with Crippen molar-refractivity contribution in [1.82, 2.24) is 9.88 Å². The molecule has 5 rings (SSSR count). The molecule has 3 aromatic rings. The van der Waals surface area contributed by atoms with Crippen LogP contribution in [0, 0.1) is 0 Å². The monoisotopic (exact) mass is 468 g/mol. The Morgan fingerprint density at radius 2 is 1.57 bits per heavy atom. The summed E-state index contributed by atoms with van der Waals surface area (Å²) in [5.74, 6) is 0.0424. The molecule has 1 N–H and O–H groups in total. The number of aromatic nitrogens is 1. The smallest absolute Gasteiger partial charge is 0.278 e. The molecule has 2 amide bonds. The molecule has 0 aliphatic carbocycles. The summed E-state index contributed by atoms with van der Waals surface area (Å²) in [5.41, 5.74) is 4.07. The Bertz CT molecular complexity index is 1230. The van der Waals surface area contributed by atoms with E-state index in [1.165, 1.54) is 23.4 Å². The largest absolute Gasteiger partial charge is 0.494 e. The van der Waals surface area contributed by atoms with Gasteiger partial charge in [0, 0.05) is 36.9 Å². The number of carbonyl (C=O) groups is 2. The van der Waals surface area contributed by atoms with E-state index in [1.54, 1.807) is 24.5 Å². The maximum Gasteiger partial charge on any atom is 0.278 e. The van der Waals surface area contributed by atoms with E-state index in [9.17, 15) is 9.59 Å². The molecule has 2 aromatic carbocycles. The van der Waals surface area contributed by atoms with Gasteiger partial charge < -0.3 is 15.0 Å². The van der Waals surface area contributed by atoms with Crippen LogP contribution < -0.4 is 15.0 Å². The Labute approximate surface area is 205 Å². The summed E-state index contributed by atoms with van der Waals surface area (Å²) in [4.78, 5) is 34.7. The van der Waals surface area contributed by atoms with Crippen molar-refractivity contribution < 1.29 is 14.3 Å². The number of amides is 2. The van der Waals surface area contributed by atoms with E-state index >= 15 is 0 Å². The third-order valence-electron chi connectivity index (χ3n) is 6.32.